The van der Waals surface area contributed by atoms with Crippen molar-refractivity contribution in [1.29, 1.82) is 0 Å². The second-order valence-electron chi connectivity index (χ2n) is 9.76. The zero-order chi connectivity index (χ0) is 28.0. The molecular formula is C30H25ClN6O3. The highest BCUT2D eigenvalue weighted by Crippen LogP contribution is 2.46. The first-order chi connectivity index (χ1) is 19.3. The van der Waals surface area contributed by atoms with E-state index in [0.717, 1.165) is 21.9 Å². The lowest BCUT2D eigenvalue weighted by Gasteiger charge is -2.17. The Morgan fingerprint density at radius 3 is 2.58 bits per heavy atom. The third-order valence-electron chi connectivity index (χ3n) is 7.18. The van der Waals surface area contributed by atoms with E-state index in [9.17, 15) is 14.7 Å². The fraction of sp³-hybridized carbons (Fsp3) is 0.133. The molecular weight excluding hydrogens is 528 g/mol. The van der Waals surface area contributed by atoms with Crippen LogP contribution in [-0.4, -0.2) is 44.3 Å². The summed E-state index contributed by atoms with van der Waals surface area (Å²) in [4.78, 5) is 27.7. The van der Waals surface area contributed by atoms with Gasteiger partial charge in [-0.3, -0.25) is 9.59 Å². The van der Waals surface area contributed by atoms with Crippen LogP contribution < -0.4 is 16.0 Å². The number of phenolic OH excluding ortho intramolecular Hbond substituents is 1. The zero-order valence-corrected chi connectivity index (χ0v) is 22.3. The fourth-order valence-electron chi connectivity index (χ4n) is 5.18. The monoisotopic (exact) mass is 552 g/mol. The first-order valence-electron chi connectivity index (χ1n) is 12.7. The lowest BCUT2D eigenvalue weighted by Crippen LogP contribution is -2.30. The number of halogens is 1. The van der Waals surface area contributed by atoms with Crippen LogP contribution in [0.15, 0.2) is 79.0 Å². The first-order valence-corrected chi connectivity index (χ1v) is 13.2. The van der Waals surface area contributed by atoms with Gasteiger partial charge in [-0.25, -0.2) is 4.68 Å². The topological polar surface area (TPSA) is 126 Å². The molecule has 6 rings (SSSR count). The quantitative estimate of drug-likeness (QED) is 0.202. The summed E-state index contributed by atoms with van der Waals surface area (Å²) in [5.41, 5.74) is 10.8. The van der Waals surface area contributed by atoms with Crippen LogP contribution >= 0.6 is 11.6 Å². The van der Waals surface area contributed by atoms with Crippen LogP contribution in [0.2, 0.25) is 0 Å². The number of fused-ring (bicyclic) bond motifs is 3. The third kappa shape index (κ3) is 4.40. The summed E-state index contributed by atoms with van der Waals surface area (Å²) in [6.45, 7) is 2.36. The molecule has 5 aromatic rings. The van der Waals surface area contributed by atoms with Crippen molar-refractivity contribution >= 4 is 51.2 Å². The molecule has 2 heterocycles. The lowest BCUT2D eigenvalue weighted by atomic mass is 9.92. The van der Waals surface area contributed by atoms with Gasteiger partial charge in [0, 0.05) is 46.7 Å². The number of carbonyl (C=O) groups excluding carboxylic acids is 2. The highest BCUT2D eigenvalue weighted by atomic mass is 35.5. The van der Waals surface area contributed by atoms with E-state index in [-0.39, 0.29) is 29.2 Å². The van der Waals surface area contributed by atoms with E-state index in [1.54, 1.807) is 65.7 Å². The van der Waals surface area contributed by atoms with Crippen molar-refractivity contribution in [2.75, 3.05) is 28.4 Å². The van der Waals surface area contributed by atoms with Crippen LogP contribution in [0.5, 0.6) is 5.75 Å². The standard InChI is InChI=1S/C30H25ClN6O3/c1-17-3-2-4-23-26(38)13-25-28(27(17)23)19(14-31)15-36(25)30(40)24-16-37(35-34-24)22-11-9-21(10-12-22)33-29(39)18-5-7-20(32)8-6-18/h2-13,16,19,38H,14-15,32H2,1H3,(H,33,39)/t19-/m1/s1. The van der Waals surface area contributed by atoms with Crippen molar-refractivity contribution < 1.29 is 14.7 Å². The summed E-state index contributed by atoms with van der Waals surface area (Å²) in [6, 6.07) is 21.1. The second kappa shape index (κ2) is 10.0. The maximum Gasteiger partial charge on any atom is 0.280 e. The summed E-state index contributed by atoms with van der Waals surface area (Å²) in [5.74, 6) is -0.233. The summed E-state index contributed by atoms with van der Waals surface area (Å²) in [6.07, 6.45) is 1.56. The number of nitrogens with one attached hydrogen (secondary N) is 1. The van der Waals surface area contributed by atoms with E-state index in [1.807, 2.05) is 25.1 Å². The number of nitrogen functional groups attached to an aromatic ring is 1. The number of alkyl halides is 1. The van der Waals surface area contributed by atoms with Gasteiger partial charge in [0.1, 0.15) is 5.75 Å². The lowest BCUT2D eigenvalue weighted by molar-refractivity contribution is 0.0982. The minimum absolute atomic E-state index is 0.0872. The van der Waals surface area contributed by atoms with Gasteiger partial charge in [-0.15, -0.1) is 16.7 Å². The number of nitrogens with two attached hydrogens (primary N) is 1. The van der Waals surface area contributed by atoms with E-state index in [4.69, 9.17) is 17.3 Å². The molecule has 200 valence electrons. The Morgan fingerprint density at radius 2 is 1.85 bits per heavy atom. The van der Waals surface area contributed by atoms with E-state index in [1.165, 1.54) is 4.68 Å². The van der Waals surface area contributed by atoms with Gasteiger partial charge in [0.05, 0.1) is 17.6 Å². The number of rotatable bonds is 5. The van der Waals surface area contributed by atoms with Crippen LogP contribution in [-0.2, 0) is 0 Å². The minimum Gasteiger partial charge on any atom is -0.507 e. The summed E-state index contributed by atoms with van der Waals surface area (Å²) in [7, 11) is 0. The largest absolute Gasteiger partial charge is 0.507 e. The average Bonchev–Trinajstić information content (AvgIpc) is 3.59. The first kappa shape index (κ1) is 25.4. The Kier molecular flexibility index (Phi) is 6.36. The zero-order valence-electron chi connectivity index (χ0n) is 21.5. The SMILES string of the molecule is Cc1cccc2c(O)cc3c(c12)[C@H](CCl)CN3C(=O)c1cn(-c2ccc(NC(=O)c3ccc(N)cc3)cc2)nn1. The number of aryl methyl sites for hydroxylation is 1. The summed E-state index contributed by atoms with van der Waals surface area (Å²) < 4.78 is 1.50. The number of anilines is 3. The van der Waals surface area contributed by atoms with Gasteiger partial charge >= 0.3 is 0 Å². The van der Waals surface area contributed by atoms with Crippen LogP contribution in [0.4, 0.5) is 17.1 Å². The van der Waals surface area contributed by atoms with Crippen molar-refractivity contribution in [3.63, 3.8) is 0 Å². The molecule has 0 bridgehead atoms. The molecule has 2 amide bonds. The van der Waals surface area contributed by atoms with E-state index >= 15 is 0 Å². The molecule has 1 aliphatic heterocycles. The van der Waals surface area contributed by atoms with Crippen molar-refractivity contribution in [2.24, 2.45) is 0 Å². The van der Waals surface area contributed by atoms with Gasteiger partial charge in [0.2, 0.25) is 0 Å². The maximum absolute atomic E-state index is 13.6. The molecule has 0 aliphatic carbocycles. The predicted octanol–water partition coefficient (Wildman–Crippen LogP) is 5.25. The molecule has 4 aromatic carbocycles. The van der Waals surface area contributed by atoms with Crippen molar-refractivity contribution in [1.82, 2.24) is 15.0 Å². The second-order valence-corrected chi connectivity index (χ2v) is 10.1. The summed E-state index contributed by atoms with van der Waals surface area (Å²) in [5, 5.41) is 23.5. The van der Waals surface area contributed by atoms with Crippen molar-refractivity contribution in [3.05, 3.63) is 101 Å². The molecule has 0 fully saturated rings. The fourth-order valence-corrected chi connectivity index (χ4v) is 5.43. The number of aromatic nitrogens is 3. The highest BCUT2D eigenvalue weighted by Gasteiger charge is 2.36. The van der Waals surface area contributed by atoms with Crippen LogP contribution in [0.3, 0.4) is 0 Å². The molecule has 40 heavy (non-hydrogen) atoms. The number of benzene rings is 4. The third-order valence-corrected chi connectivity index (χ3v) is 7.55. The number of hydrogen-bond donors (Lipinski definition) is 3. The van der Waals surface area contributed by atoms with E-state index in [2.05, 4.69) is 15.6 Å². The van der Waals surface area contributed by atoms with Gasteiger partial charge in [-0.1, -0.05) is 23.4 Å². The Hall–Kier alpha value is -4.89. The van der Waals surface area contributed by atoms with Gasteiger partial charge < -0.3 is 21.1 Å². The van der Waals surface area contributed by atoms with E-state index < -0.39 is 0 Å². The van der Waals surface area contributed by atoms with Gasteiger partial charge in [-0.05, 0) is 72.0 Å². The number of nitrogens with zero attached hydrogens (tertiary/aromatic N) is 4. The number of aromatic hydroxyl groups is 1. The van der Waals surface area contributed by atoms with Gasteiger partial charge in [0.25, 0.3) is 11.8 Å². The van der Waals surface area contributed by atoms with E-state index in [0.29, 0.717) is 40.7 Å². The van der Waals surface area contributed by atoms with Gasteiger partial charge in [0.15, 0.2) is 5.69 Å². The minimum atomic E-state index is -0.333. The van der Waals surface area contributed by atoms with Crippen LogP contribution in [0.25, 0.3) is 16.5 Å². The van der Waals surface area contributed by atoms with Gasteiger partial charge in [-0.2, -0.15) is 0 Å². The van der Waals surface area contributed by atoms with Crippen LogP contribution in [0, 0.1) is 6.92 Å². The molecule has 4 N–H and O–H groups in total. The van der Waals surface area contributed by atoms with Crippen molar-refractivity contribution in [3.8, 4) is 11.4 Å². The number of carbonyl (C=O) groups is 2. The smallest absolute Gasteiger partial charge is 0.280 e. The maximum atomic E-state index is 13.6. The normalized spacial score (nSPS) is 14.3. The predicted molar refractivity (Wildman–Crippen MR) is 156 cm³/mol. The number of hydrogen-bond acceptors (Lipinski definition) is 6. The Balaban J connectivity index is 1.24. The molecule has 1 atom stereocenters. The molecule has 1 aliphatic rings. The molecule has 0 radical (unpaired) electrons. The molecule has 0 saturated heterocycles. The average molecular weight is 553 g/mol. The molecule has 0 spiro atoms. The highest BCUT2D eigenvalue weighted by molar-refractivity contribution is 6.19. The van der Waals surface area contributed by atoms with Crippen molar-refractivity contribution in [2.45, 2.75) is 12.8 Å². The Labute approximate surface area is 234 Å². The number of phenols is 1. The molecule has 10 heteroatoms. The summed E-state index contributed by atoms with van der Waals surface area (Å²) >= 11 is 6.35. The molecule has 1 aromatic heterocycles. The molecule has 0 unspecified atom stereocenters. The molecule has 0 saturated carbocycles. The Morgan fingerprint density at radius 1 is 1.10 bits per heavy atom. The van der Waals surface area contributed by atoms with Crippen LogP contribution in [0.1, 0.15) is 37.9 Å². The molecule has 9 nitrogen and oxygen atoms in total. The Bertz CT molecular complexity index is 1770. The number of amides is 2.